The quantitative estimate of drug-likeness (QED) is 0.639. The highest BCUT2D eigenvalue weighted by atomic mass is 16.5. The molecule has 0 radical (unpaired) electrons. The van der Waals surface area contributed by atoms with Crippen LogP contribution < -0.4 is 0 Å². The monoisotopic (exact) mass is 171 g/mol. The van der Waals surface area contributed by atoms with Gasteiger partial charge in [-0.1, -0.05) is 13.8 Å². The molecule has 1 saturated heterocycles. The van der Waals surface area contributed by atoms with E-state index >= 15 is 0 Å². The molecule has 1 aliphatic heterocycles. The lowest BCUT2D eigenvalue weighted by Crippen LogP contribution is -2.40. The van der Waals surface area contributed by atoms with Gasteiger partial charge in [0.15, 0.2) is 0 Å². The highest BCUT2D eigenvalue weighted by molar-refractivity contribution is 4.78. The zero-order chi connectivity index (χ0) is 8.97. The Morgan fingerprint density at radius 2 is 1.83 bits per heavy atom. The van der Waals surface area contributed by atoms with Crippen molar-refractivity contribution in [3.8, 4) is 0 Å². The zero-order valence-electron chi connectivity index (χ0n) is 8.55. The van der Waals surface area contributed by atoms with E-state index in [1.807, 2.05) is 0 Å². The highest BCUT2D eigenvalue weighted by Gasteiger charge is 2.23. The van der Waals surface area contributed by atoms with E-state index in [1.165, 1.54) is 25.9 Å². The van der Waals surface area contributed by atoms with Gasteiger partial charge in [0.2, 0.25) is 0 Å². The van der Waals surface area contributed by atoms with Crippen LogP contribution in [-0.4, -0.2) is 37.7 Å². The number of likely N-dealkylation sites (tertiary alicyclic amines) is 1. The molecule has 2 nitrogen and oxygen atoms in total. The maximum absolute atomic E-state index is 5.24. The molecular weight excluding hydrogens is 150 g/mol. The first-order valence-corrected chi connectivity index (χ1v) is 4.98. The summed E-state index contributed by atoms with van der Waals surface area (Å²) < 4.78 is 5.24. The van der Waals surface area contributed by atoms with Crippen molar-refractivity contribution in [2.24, 2.45) is 5.92 Å². The van der Waals surface area contributed by atoms with Crippen LogP contribution in [0.25, 0.3) is 0 Å². The van der Waals surface area contributed by atoms with E-state index in [-0.39, 0.29) is 0 Å². The predicted octanol–water partition coefficient (Wildman–Crippen LogP) is 1.75. The van der Waals surface area contributed by atoms with Crippen molar-refractivity contribution >= 4 is 0 Å². The molecule has 0 aromatic carbocycles. The normalized spacial score (nSPS) is 22.0. The molecule has 1 unspecified atom stereocenters. The molecule has 0 N–H and O–H groups in total. The number of hydrogen-bond acceptors (Lipinski definition) is 2. The van der Waals surface area contributed by atoms with Crippen molar-refractivity contribution in [3.05, 3.63) is 0 Å². The van der Waals surface area contributed by atoms with Crippen LogP contribution in [0.2, 0.25) is 0 Å². The maximum Gasteiger partial charge on any atom is 0.0620 e. The molecule has 0 amide bonds. The Labute approximate surface area is 75.9 Å². The summed E-state index contributed by atoms with van der Waals surface area (Å²) in [6, 6.07) is 0.637. The third kappa shape index (κ3) is 2.46. The van der Waals surface area contributed by atoms with Gasteiger partial charge in [-0.15, -0.1) is 0 Å². The van der Waals surface area contributed by atoms with Crippen molar-refractivity contribution in [2.45, 2.75) is 32.7 Å². The highest BCUT2D eigenvalue weighted by Crippen LogP contribution is 2.17. The molecule has 0 aromatic heterocycles. The lowest BCUT2D eigenvalue weighted by Gasteiger charge is -2.29. The van der Waals surface area contributed by atoms with Gasteiger partial charge in [-0.25, -0.2) is 0 Å². The third-order valence-electron chi connectivity index (χ3n) is 2.72. The first kappa shape index (κ1) is 10.0. The van der Waals surface area contributed by atoms with Gasteiger partial charge >= 0.3 is 0 Å². The van der Waals surface area contributed by atoms with E-state index in [0.29, 0.717) is 12.0 Å². The molecule has 0 aromatic rings. The van der Waals surface area contributed by atoms with Gasteiger partial charge in [-0.05, 0) is 31.8 Å². The zero-order valence-corrected chi connectivity index (χ0v) is 8.55. The first-order chi connectivity index (χ1) is 5.75. The summed E-state index contributed by atoms with van der Waals surface area (Å²) >= 11 is 0. The molecule has 1 atom stereocenters. The average Bonchev–Trinajstić information content (AvgIpc) is 2.51. The van der Waals surface area contributed by atoms with Gasteiger partial charge in [0.05, 0.1) is 6.61 Å². The van der Waals surface area contributed by atoms with E-state index in [4.69, 9.17) is 4.74 Å². The lowest BCUT2D eigenvalue weighted by molar-refractivity contribution is 0.0793. The molecule has 1 fully saturated rings. The summed E-state index contributed by atoms with van der Waals surface area (Å²) in [5.41, 5.74) is 0. The number of hydrogen-bond donors (Lipinski definition) is 0. The smallest absolute Gasteiger partial charge is 0.0620 e. The lowest BCUT2D eigenvalue weighted by atomic mass is 10.0. The van der Waals surface area contributed by atoms with Gasteiger partial charge < -0.3 is 4.74 Å². The second kappa shape index (κ2) is 4.83. The minimum atomic E-state index is 0.637. The minimum absolute atomic E-state index is 0.637. The Hall–Kier alpha value is -0.0800. The standard InChI is InChI=1S/C10H21NO/c1-9(2)10(8-12-3)11-6-4-5-7-11/h9-10H,4-8H2,1-3H3. The number of methoxy groups -OCH3 is 1. The van der Waals surface area contributed by atoms with Crippen LogP contribution in [0.1, 0.15) is 26.7 Å². The molecule has 0 spiro atoms. The molecule has 1 rings (SSSR count). The second-order valence-electron chi connectivity index (χ2n) is 4.01. The van der Waals surface area contributed by atoms with E-state index < -0.39 is 0 Å². The van der Waals surface area contributed by atoms with Crippen LogP contribution in [0.15, 0.2) is 0 Å². The van der Waals surface area contributed by atoms with Crippen molar-refractivity contribution in [1.29, 1.82) is 0 Å². The van der Waals surface area contributed by atoms with Gasteiger partial charge in [0.25, 0.3) is 0 Å². The summed E-state index contributed by atoms with van der Waals surface area (Å²) in [5, 5.41) is 0. The van der Waals surface area contributed by atoms with Crippen molar-refractivity contribution in [3.63, 3.8) is 0 Å². The summed E-state index contributed by atoms with van der Waals surface area (Å²) in [7, 11) is 1.80. The molecule has 0 bridgehead atoms. The molecule has 0 saturated carbocycles. The van der Waals surface area contributed by atoms with E-state index in [2.05, 4.69) is 18.7 Å². The van der Waals surface area contributed by atoms with Crippen LogP contribution in [0.5, 0.6) is 0 Å². The molecule has 0 aliphatic carbocycles. The largest absolute Gasteiger partial charge is 0.383 e. The van der Waals surface area contributed by atoms with Crippen molar-refractivity contribution in [1.82, 2.24) is 4.90 Å². The Kier molecular flexibility index (Phi) is 4.02. The third-order valence-corrected chi connectivity index (χ3v) is 2.72. The molecule has 2 heteroatoms. The van der Waals surface area contributed by atoms with E-state index in [1.54, 1.807) is 7.11 Å². The summed E-state index contributed by atoms with van der Waals surface area (Å²) in [5.74, 6) is 0.711. The van der Waals surface area contributed by atoms with Crippen molar-refractivity contribution in [2.75, 3.05) is 26.8 Å². The maximum atomic E-state index is 5.24. The molecule has 1 aliphatic rings. The second-order valence-corrected chi connectivity index (χ2v) is 4.01. The fraction of sp³-hybridized carbons (Fsp3) is 1.00. The number of ether oxygens (including phenoxy) is 1. The van der Waals surface area contributed by atoms with Gasteiger partial charge in [-0.2, -0.15) is 0 Å². The van der Waals surface area contributed by atoms with Crippen LogP contribution in [0.3, 0.4) is 0 Å². The van der Waals surface area contributed by atoms with Gasteiger partial charge in [0.1, 0.15) is 0 Å². The predicted molar refractivity (Wildman–Crippen MR) is 51.3 cm³/mol. The Morgan fingerprint density at radius 1 is 1.25 bits per heavy atom. The van der Waals surface area contributed by atoms with E-state index in [0.717, 1.165) is 6.61 Å². The molecule has 1 heterocycles. The Balaban J connectivity index is 2.40. The molecule has 72 valence electrons. The van der Waals surface area contributed by atoms with Crippen LogP contribution in [0, 0.1) is 5.92 Å². The van der Waals surface area contributed by atoms with Crippen LogP contribution in [-0.2, 0) is 4.74 Å². The summed E-state index contributed by atoms with van der Waals surface area (Å²) in [4.78, 5) is 2.56. The first-order valence-electron chi connectivity index (χ1n) is 4.98. The van der Waals surface area contributed by atoms with Crippen LogP contribution >= 0.6 is 0 Å². The topological polar surface area (TPSA) is 12.5 Å². The van der Waals surface area contributed by atoms with Gasteiger partial charge in [-0.3, -0.25) is 4.90 Å². The number of rotatable bonds is 4. The van der Waals surface area contributed by atoms with Gasteiger partial charge in [0, 0.05) is 13.2 Å². The Bertz CT molecular complexity index is 119. The minimum Gasteiger partial charge on any atom is -0.383 e. The fourth-order valence-corrected chi connectivity index (χ4v) is 1.96. The summed E-state index contributed by atoms with van der Waals surface area (Å²) in [6.45, 7) is 7.99. The Morgan fingerprint density at radius 3 is 2.25 bits per heavy atom. The summed E-state index contributed by atoms with van der Waals surface area (Å²) in [6.07, 6.45) is 2.74. The SMILES string of the molecule is COCC(C(C)C)N1CCCC1. The molecule has 12 heavy (non-hydrogen) atoms. The van der Waals surface area contributed by atoms with Crippen LogP contribution in [0.4, 0.5) is 0 Å². The van der Waals surface area contributed by atoms with E-state index in [9.17, 15) is 0 Å². The fourth-order valence-electron chi connectivity index (χ4n) is 1.96. The van der Waals surface area contributed by atoms with Crippen molar-refractivity contribution < 1.29 is 4.74 Å². The average molecular weight is 171 g/mol. The number of nitrogens with zero attached hydrogens (tertiary/aromatic N) is 1. The molecular formula is C10H21NO.